The third-order valence-electron chi connectivity index (χ3n) is 3.51. The average molecular weight is 297 g/mol. The molecule has 9 heteroatoms. The molecule has 0 bridgehead atoms. The molecule has 0 saturated heterocycles. The van der Waals surface area contributed by atoms with Crippen molar-refractivity contribution >= 4 is 18.3 Å². The van der Waals surface area contributed by atoms with Gasteiger partial charge in [-0.25, -0.2) is 0 Å². The van der Waals surface area contributed by atoms with E-state index in [1.807, 2.05) is 0 Å². The van der Waals surface area contributed by atoms with E-state index in [2.05, 4.69) is 15.0 Å². The summed E-state index contributed by atoms with van der Waals surface area (Å²) in [5, 5.41) is 27.6. The second-order valence-electron chi connectivity index (χ2n) is 4.81. The van der Waals surface area contributed by atoms with Crippen LogP contribution in [-0.4, -0.2) is 56.9 Å². The van der Waals surface area contributed by atoms with E-state index in [4.69, 9.17) is 5.11 Å². The van der Waals surface area contributed by atoms with Crippen LogP contribution < -0.4 is 9.80 Å². The van der Waals surface area contributed by atoms with Gasteiger partial charge in [-0.05, 0) is 12.8 Å². The SMILES string of the molecule is O=CN(CO)c1nc(C2CCCC2)nc(N(CO)CO)n1. The Morgan fingerprint density at radius 1 is 1.00 bits per heavy atom. The number of hydrogen-bond donors (Lipinski definition) is 3. The Labute approximate surface area is 121 Å². The Morgan fingerprint density at radius 2 is 1.62 bits per heavy atom. The maximum absolute atomic E-state index is 10.9. The van der Waals surface area contributed by atoms with Crippen molar-refractivity contribution in [1.29, 1.82) is 0 Å². The highest BCUT2D eigenvalue weighted by Gasteiger charge is 2.24. The first-order chi connectivity index (χ1) is 10.2. The van der Waals surface area contributed by atoms with Crippen LogP contribution in [0.1, 0.15) is 37.4 Å². The number of rotatable bonds is 7. The van der Waals surface area contributed by atoms with Gasteiger partial charge in [-0.3, -0.25) is 14.6 Å². The zero-order valence-electron chi connectivity index (χ0n) is 11.6. The molecule has 1 aromatic rings. The summed E-state index contributed by atoms with van der Waals surface area (Å²) in [6.45, 7) is -1.50. The van der Waals surface area contributed by atoms with Crippen molar-refractivity contribution in [1.82, 2.24) is 15.0 Å². The molecule has 116 valence electrons. The second-order valence-corrected chi connectivity index (χ2v) is 4.81. The van der Waals surface area contributed by atoms with Crippen LogP contribution in [0.15, 0.2) is 0 Å². The van der Waals surface area contributed by atoms with Gasteiger partial charge in [0.25, 0.3) is 0 Å². The largest absolute Gasteiger partial charge is 0.376 e. The summed E-state index contributed by atoms with van der Waals surface area (Å²) in [6, 6.07) is 0. The number of aliphatic hydroxyl groups is 3. The Balaban J connectivity index is 2.41. The molecule has 0 spiro atoms. The molecule has 0 unspecified atom stereocenters. The quantitative estimate of drug-likeness (QED) is 0.439. The molecule has 1 saturated carbocycles. The summed E-state index contributed by atoms with van der Waals surface area (Å²) in [7, 11) is 0. The minimum absolute atomic E-state index is 0.00583. The molecule has 1 amide bonds. The molecule has 0 radical (unpaired) electrons. The van der Waals surface area contributed by atoms with E-state index in [1.165, 1.54) is 0 Å². The van der Waals surface area contributed by atoms with Gasteiger partial charge in [0.1, 0.15) is 26.0 Å². The third kappa shape index (κ3) is 3.43. The first-order valence-electron chi connectivity index (χ1n) is 6.79. The zero-order valence-corrected chi connectivity index (χ0v) is 11.6. The predicted octanol–water partition coefficient (Wildman–Crippen LogP) is -0.852. The fraction of sp³-hybridized carbons (Fsp3) is 0.667. The molecule has 1 aromatic heterocycles. The molecule has 1 fully saturated rings. The van der Waals surface area contributed by atoms with E-state index in [-0.39, 0.29) is 17.8 Å². The fourth-order valence-electron chi connectivity index (χ4n) is 2.32. The van der Waals surface area contributed by atoms with Crippen molar-refractivity contribution in [2.24, 2.45) is 0 Å². The number of anilines is 2. The van der Waals surface area contributed by atoms with Crippen molar-refractivity contribution in [3.8, 4) is 0 Å². The number of nitrogens with zero attached hydrogens (tertiary/aromatic N) is 5. The Bertz CT molecular complexity index is 456. The van der Waals surface area contributed by atoms with Gasteiger partial charge in [0.05, 0.1) is 0 Å². The highest BCUT2D eigenvalue weighted by Crippen LogP contribution is 2.33. The van der Waals surface area contributed by atoms with Crippen molar-refractivity contribution in [3.05, 3.63) is 5.82 Å². The first kappa shape index (κ1) is 15.5. The Hall–Kier alpha value is -1.84. The van der Waals surface area contributed by atoms with Crippen molar-refractivity contribution in [2.45, 2.75) is 31.6 Å². The lowest BCUT2D eigenvalue weighted by Crippen LogP contribution is -2.30. The molecule has 9 nitrogen and oxygen atoms in total. The van der Waals surface area contributed by atoms with Gasteiger partial charge in [-0.15, -0.1) is 0 Å². The first-order valence-corrected chi connectivity index (χ1v) is 6.79. The average Bonchev–Trinajstić information content (AvgIpc) is 3.04. The van der Waals surface area contributed by atoms with Crippen molar-refractivity contribution in [2.75, 3.05) is 30.0 Å². The Kier molecular flexibility index (Phi) is 5.37. The van der Waals surface area contributed by atoms with Crippen LogP contribution in [0.4, 0.5) is 11.9 Å². The normalized spacial score (nSPS) is 15.2. The number of amides is 1. The standard InChI is InChI=1S/C12H19N5O4/c18-5-16(6-19)11-13-10(9-3-1-2-4-9)14-12(15-11)17(7-20)8-21/h5,9,19-21H,1-4,6-8H2. The second kappa shape index (κ2) is 7.25. The van der Waals surface area contributed by atoms with Gasteiger partial charge in [-0.2, -0.15) is 15.0 Å². The third-order valence-corrected chi connectivity index (χ3v) is 3.51. The maximum Gasteiger partial charge on any atom is 0.238 e. The van der Waals surface area contributed by atoms with E-state index >= 15 is 0 Å². The van der Waals surface area contributed by atoms with Crippen LogP contribution >= 0.6 is 0 Å². The maximum atomic E-state index is 10.9. The summed E-state index contributed by atoms with van der Waals surface area (Å²) in [5.74, 6) is 0.759. The number of carbonyl (C=O) groups is 1. The molecule has 1 heterocycles. The molecule has 3 N–H and O–H groups in total. The van der Waals surface area contributed by atoms with Gasteiger partial charge in [-0.1, -0.05) is 12.8 Å². The van der Waals surface area contributed by atoms with Gasteiger partial charge in [0.2, 0.25) is 18.3 Å². The molecule has 0 aromatic carbocycles. The smallest absolute Gasteiger partial charge is 0.238 e. The molecule has 0 atom stereocenters. The van der Waals surface area contributed by atoms with E-state index in [0.29, 0.717) is 12.2 Å². The highest BCUT2D eigenvalue weighted by atomic mass is 16.3. The van der Waals surface area contributed by atoms with Crippen LogP contribution in [0.2, 0.25) is 0 Å². The summed E-state index contributed by atoms with van der Waals surface area (Å²) < 4.78 is 0. The van der Waals surface area contributed by atoms with E-state index < -0.39 is 20.2 Å². The predicted molar refractivity (Wildman–Crippen MR) is 73.3 cm³/mol. The van der Waals surface area contributed by atoms with Gasteiger partial charge in [0, 0.05) is 5.92 Å². The molecule has 21 heavy (non-hydrogen) atoms. The lowest BCUT2D eigenvalue weighted by Gasteiger charge is -2.21. The summed E-state index contributed by atoms with van der Waals surface area (Å²) in [4.78, 5) is 25.5. The number of aromatic nitrogens is 3. The van der Waals surface area contributed by atoms with Crippen LogP contribution in [0.5, 0.6) is 0 Å². The van der Waals surface area contributed by atoms with E-state index in [9.17, 15) is 15.0 Å². The van der Waals surface area contributed by atoms with Crippen LogP contribution in [-0.2, 0) is 4.79 Å². The summed E-state index contributed by atoms with van der Waals surface area (Å²) >= 11 is 0. The van der Waals surface area contributed by atoms with Crippen molar-refractivity contribution in [3.63, 3.8) is 0 Å². The molecule has 2 rings (SSSR count). The highest BCUT2D eigenvalue weighted by molar-refractivity contribution is 5.70. The molecule has 1 aliphatic rings. The molecular weight excluding hydrogens is 278 g/mol. The van der Waals surface area contributed by atoms with Gasteiger partial charge >= 0.3 is 0 Å². The lowest BCUT2D eigenvalue weighted by molar-refractivity contribution is -0.108. The zero-order chi connectivity index (χ0) is 15.2. The minimum atomic E-state index is -0.560. The van der Waals surface area contributed by atoms with Crippen LogP contribution in [0.25, 0.3) is 0 Å². The van der Waals surface area contributed by atoms with E-state index in [0.717, 1.165) is 35.5 Å². The molecule has 0 aliphatic heterocycles. The molecule has 1 aliphatic carbocycles. The van der Waals surface area contributed by atoms with E-state index in [1.54, 1.807) is 0 Å². The molecular formula is C12H19N5O4. The lowest BCUT2D eigenvalue weighted by atomic mass is 10.1. The van der Waals surface area contributed by atoms with Crippen molar-refractivity contribution < 1.29 is 20.1 Å². The monoisotopic (exact) mass is 297 g/mol. The van der Waals surface area contributed by atoms with Gasteiger partial charge in [0.15, 0.2) is 0 Å². The summed E-state index contributed by atoms with van der Waals surface area (Å²) in [6.07, 6.45) is 4.48. The minimum Gasteiger partial charge on any atom is -0.376 e. The fourth-order valence-corrected chi connectivity index (χ4v) is 2.32. The topological polar surface area (TPSA) is 123 Å². The van der Waals surface area contributed by atoms with Gasteiger partial charge < -0.3 is 15.3 Å². The Morgan fingerprint density at radius 3 is 2.14 bits per heavy atom. The number of hydrogen-bond acceptors (Lipinski definition) is 8. The van der Waals surface area contributed by atoms with Crippen LogP contribution in [0.3, 0.4) is 0 Å². The number of aliphatic hydroxyl groups excluding tert-OH is 3. The summed E-state index contributed by atoms with van der Waals surface area (Å²) in [5.41, 5.74) is 0. The number of carbonyl (C=O) groups excluding carboxylic acids is 1. The van der Waals surface area contributed by atoms with Crippen LogP contribution in [0, 0.1) is 0 Å².